The van der Waals surface area contributed by atoms with E-state index in [1.165, 1.54) is 7.11 Å². The number of carbonyl (C=O) groups is 3. The second kappa shape index (κ2) is 7.10. The van der Waals surface area contributed by atoms with Crippen LogP contribution in [0.15, 0.2) is 6.20 Å². The van der Waals surface area contributed by atoms with Crippen LogP contribution in [0.25, 0.3) is 0 Å². The van der Waals surface area contributed by atoms with Gasteiger partial charge in [0.15, 0.2) is 0 Å². The molecular weight excluding hydrogens is 364 g/mol. The summed E-state index contributed by atoms with van der Waals surface area (Å²) >= 11 is 0. The van der Waals surface area contributed by atoms with E-state index in [-0.39, 0.29) is 31.0 Å². The highest BCUT2D eigenvalue weighted by Gasteiger charge is 2.44. The summed E-state index contributed by atoms with van der Waals surface area (Å²) < 4.78 is 12.2. The van der Waals surface area contributed by atoms with Crippen molar-refractivity contribution in [3.8, 4) is 0 Å². The highest BCUT2D eigenvalue weighted by molar-refractivity contribution is 6.00. The number of esters is 1. The fraction of sp³-hybridized carbons (Fsp3) is 0.684. The number of hydrogen-bond donors (Lipinski definition) is 0. The normalized spacial score (nSPS) is 24.9. The second-order valence-corrected chi connectivity index (χ2v) is 8.45. The van der Waals surface area contributed by atoms with Gasteiger partial charge in [0, 0.05) is 12.5 Å². The molecule has 3 atom stereocenters. The minimum Gasteiger partial charge on any atom is -0.469 e. The van der Waals surface area contributed by atoms with Gasteiger partial charge in [-0.05, 0) is 34.6 Å². The molecule has 1 aromatic rings. The lowest BCUT2D eigenvalue weighted by molar-refractivity contribution is -0.146. The summed E-state index contributed by atoms with van der Waals surface area (Å²) in [5.74, 6) is -1.06. The fourth-order valence-corrected chi connectivity index (χ4v) is 3.80. The van der Waals surface area contributed by atoms with E-state index in [0.717, 1.165) is 5.69 Å². The van der Waals surface area contributed by atoms with Crippen molar-refractivity contribution in [2.24, 2.45) is 5.92 Å². The van der Waals surface area contributed by atoms with Gasteiger partial charge in [0.1, 0.15) is 5.60 Å². The van der Waals surface area contributed by atoms with E-state index in [1.807, 2.05) is 39.3 Å². The van der Waals surface area contributed by atoms with Crippen molar-refractivity contribution in [1.82, 2.24) is 14.7 Å². The van der Waals surface area contributed by atoms with Crippen LogP contribution >= 0.6 is 0 Å². The van der Waals surface area contributed by atoms with Crippen molar-refractivity contribution in [2.45, 2.75) is 71.8 Å². The summed E-state index contributed by atoms with van der Waals surface area (Å²) in [6, 6.07) is -0.437. The van der Waals surface area contributed by atoms with Crippen molar-refractivity contribution in [3.63, 3.8) is 0 Å². The first-order valence-electron chi connectivity index (χ1n) is 9.47. The molecule has 0 N–H and O–H groups in total. The van der Waals surface area contributed by atoms with Crippen molar-refractivity contribution in [2.75, 3.05) is 12.0 Å². The van der Waals surface area contributed by atoms with E-state index in [9.17, 15) is 14.4 Å². The molecule has 3 rings (SSSR count). The molecule has 1 fully saturated rings. The van der Waals surface area contributed by atoms with Crippen LogP contribution in [-0.2, 0) is 32.2 Å². The van der Waals surface area contributed by atoms with Gasteiger partial charge in [-0.3, -0.25) is 19.2 Å². The van der Waals surface area contributed by atoms with Crippen LogP contribution in [0.2, 0.25) is 0 Å². The largest absolute Gasteiger partial charge is 0.469 e. The number of methoxy groups -OCH3 is 1. The van der Waals surface area contributed by atoms with Gasteiger partial charge < -0.3 is 14.4 Å². The molecule has 154 valence electrons. The Morgan fingerprint density at radius 3 is 2.54 bits per heavy atom. The third kappa shape index (κ3) is 3.57. The Bertz CT molecular complexity index is 797. The van der Waals surface area contributed by atoms with Crippen LogP contribution in [-0.4, -0.2) is 57.4 Å². The predicted molar refractivity (Wildman–Crippen MR) is 101 cm³/mol. The molecule has 1 aromatic heterocycles. The maximum Gasteiger partial charge on any atom is 0.410 e. The molecule has 0 saturated carbocycles. The lowest BCUT2D eigenvalue weighted by Gasteiger charge is -2.36. The van der Waals surface area contributed by atoms with Crippen LogP contribution in [0, 0.1) is 5.92 Å². The first kappa shape index (κ1) is 20.2. The molecule has 28 heavy (non-hydrogen) atoms. The number of nitrogens with zero attached hydrogens (tertiary/aromatic N) is 4. The molecule has 0 bridgehead atoms. The molecule has 0 radical (unpaired) electrons. The van der Waals surface area contributed by atoms with Gasteiger partial charge in [0.2, 0.25) is 5.91 Å². The average Bonchev–Trinajstić information content (AvgIpc) is 3.11. The molecule has 2 unspecified atom stereocenters. The number of rotatable bonds is 2. The van der Waals surface area contributed by atoms with E-state index in [0.29, 0.717) is 12.2 Å². The van der Waals surface area contributed by atoms with E-state index in [1.54, 1.807) is 16.0 Å². The predicted octanol–water partition coefficient (Wildman–Crippen LogP) is 1.94. The number of anilines is 1. The Kier molecular flexibility index (Phi) is 5.12. The zero-order valence-electron chi connectivity index (χ0n) is 17.3. The Hall–Kier alpha value is -2.58. The lowest BCUT2D eigenvalue weighted by atomic mass is 10.0. The average molecular weight is 392 g/mol. The first-order valence-corrected chi connectivity index (χ1v) is 9.47. The maximum absolute atomic E-state index is 12.6. The Labute approximate surface area is 164 Å². The van der Waals surface area contributed by atoms with Crippen molar-refractivity contribution >= 4 is 23.7 Å². The monoisotopic (exact) mass is 392 g/mol. The highest BCUT2D eigenvalue weighted by Crippen LogP contribution is 2.36. The van der Waals surface area contributed by atoms with Gasteiger partial charge in [-0.2, -0.15) is 5.10 Å². The molecule has 1 saturated heterocycles. The number of amides is 2. The van der Waals surface area contributed by atoms with E-state index >= 15 is 0 Å². The summed E-state index contributed by atoms with van der Waals surface area (Å²) in [6.45, 7) is 10.0. The summed E-state index contributed by atoms with van der Waals surface area (Å²) in [7, 11) is 1.32. The van der Waals surface area contributed by atoms with E-state index in [4.69, 9.17) is 9.47 Å². The van der Waals surface area contributed by atoms with Gasteiger partial charge in [-0.1, -0.05) is 0 Å². The van der Waals surface area contributed by atoms with Gasteiger partial charge in [-0.15, -0.1) is 0 Å². The Balaban J connectivity index is 1.88. The molecule has 2 amide bonds. The zero-order valence-corrected chi connectivity index (χ0v) is 17.3. The molecular formula is C19H28N4O5. The van der Waals surface area contributed by atoms with E-state index < -0.39 is 23.6 Å². The summed E-state index contributed by atoms with van der Waals surface area (Å²) in [6.07, 6.45) is 1.34. The molecule has 2 aliphatic heterocycles. The minimum atomic E-state index is -0.593. The second-order valence-electron chi connectivity index (χ2n) is 8.45. The lowest BCUT2D eigenvalue weighted by Crippen LogP contribution is -2.47. The maximum atomic E-state index is 12.6. The van der Waals surface area contributed by atoms with Crippen molar-refractivity contribution in [1.29, 1.82) is 0 Å². The minimum absolute atomic E-state index is 0.0929. The molecule has 0 spiro atoms. The summed E-state index contributed by atoms with van der Waals surface area (Å²) in [5.41, 5.74) is 0.795. The Morgan fingerprint density at radius 2 is 1.93 bits per heavy atom. The van der Waals surface area contributed by atoms with Gasteiger partial charge >= 0.3 is 12.1 Å². The fourth-order valence-electron chi connectivity index (χ4n) is 3.80. The van der Waals surface area contributed by atoms with Crippen molar-refractivity contribution in [3.05, 3.63) is 11.9 Å². The van der Waals surface area contributed by atoms with Crippen LogP contribution in [0.1, 0.15) is 46.7 Å². The summed E-state index contributed by atoms with van der Waals surface area (Å²) in [5, 5.41) is 4.41. The highest BCUT2D eigenvalue weighted by atomic mass is 16.6. The van der Waals surface area contributed by atoms with Gasteiger partial charge in [-0.25, -0.2) is 4.79 Å². The van der Waals surface area contributed by atoms with Crippen LogP contribution in [0.4, 0.5) is 10.5 Å². The van der Waals surface area contributed by atoms with Crippen LogP contribution < -0.4 is 4.90 Å². The topological polar surface area (TPSA) is 94.0 Å². The van der Waals surface area contributed by atoms with Crippen LogP contribution in [0.5, 0.6) is 0 Å². The molecule has 0 aliphatic carbocycles. The van der Waals surface area contributed by atoms with Crippen LogP contribution in [0.3, 0.4) is 0 Å². The molecule has 2 aliphatic rings. The smallest absolute Gasteiger partial charge is 0.410 e. The number of hydrogen-bond acceptors (Lipinski definition) is 6. The molecule has 9 heteroatoms. The zero-order chi connectivity index (χ0) is 20.8. The van der Waals surface area contributed by atoms with Gasteiger partial charge in [0.25, 0.3) is 0 Å². The first-order chi connectivity index (χ1) is 13.0. The quantitative estimate of drug-likeness (QED) is 0.714. The number of fused-ring (bicyclic) bond motifs is 1. The van der Waals surface area contributed by atoms with E-state index in [2.05, 4.69) is 5.10 Å². The number of carbonyl (C=O) groups excluding carboxylic acids is 3. The number of aromatic nitrogens is 2. The summed E-state index contributed by atoms with van der Waals surface area (Å²) in [4.78, 5) is 40.5. The third-order valence-electron chi connectivity index (χ3n) is 5.26. The number of ether oxygens (including phenoxy) is 2. The standard InChI is InChI=1S/C19H28N4O5/c1-11-9-22-15(10-21(11)18(26)28-19(3,4)5)14(8-20-22)23-12(2)13(7-16(23)24)17(25)27-6/h8,11-13H,7,9-10H2,1-6H3/t11-,12?,13?/m0/s1. The molecule has 0 aromatic carbocycles. The molecule has 9 nitrogen and oxygen atoms in total. The molecule has 3 heterocycles. The van der Waals surface area contributed by atoms with Crippen molar-refractivity contribution < 1.29 is 23.9 Å². The SMILES string of the molecule is COC(=O)C1CC(=O)N(c2cnn3c2CN(C(=O)OC(C)(C)C)[C@@H](C)C3)C1C. The van der Waals surface area contributed by atoms with Gasteiger partial charge in [0.05, 0.1) is 49.7 Å². The third-order valence-corrected chi connectivity index (χ3v) is 5.26. The Morgan fingerprint density at radius 1 is 1.25 bits per heavy atom.